The molecular formula is C26H24N2O6. The van der Waals surface area contributed by atoms with E-state index in [4.69, 9.17) is 18.6 Å². The third-order valence-electron chi connectivity index (χ3n) is 6.77. The first kappa shape index (κ1) is 20.7. The highest BCUT2D eigenvalue weighted by Crippen LogP contribution is 2.54. The van der Waals surface area contributed by atoms with Crippen molar-refractivity contribution < 1.29 is 28.2 Å². The molecule has 0 saturated carbocycles. The van der Waals surface area contributed by atoms with Gasteiger partial charge in [-0.1, -0.05) is 18.2 Å². The lowest BCUT2D eigenvalue weighted by molar-refractivity contribution is -0.122. The molecule has 1 N–H and O–H groups in total. The molecule has 1 unspecified atom stereocenters. The van der Waals surface area contributed by atoms with E-state index in [2.05, 4.69) is 5.32 Å². The number of fused-ring (bicyclic) bond motifs is 5. The van der Waals surface area contributed by atoms with Gasteiger partial charge in [-0.25, -0.2) is 0 Å². The first-order valence-corrected chi connectivity index (χ1v) is 11.3. The summed E-state index contributed by atoms with van der Waals surface area (Å²) < 4.78 is 22.5. The number of benzene rings is 2. The Morgan fingerprint density at radius 2 is 1.82 bits per heavy atom. The zero-order valence-electron chi connectivity index (χ0n) is 19.0. The predicted octanol–water partition coefficient (Wildman–Crippen LogP) is 3.47. The molecule has 1 aromatic heterocycles. The van der Waals surface area contributed by atoms with Crippen LogP contribution in [0.25, 0.3) is 0 Å². The number of furan rings is 1. The molecule has 6 rings (SSSR count). The molecule has 3 aliphatic rings. The molecule has 2 aromatic carbocycles. The molecule has 2 amide bonds. The van der Waals surface area contributed by atoms with Crippen LogP contribution in [0, 0.1) is 13.8 Å². The number of aryl methyl sites for hydroxylation is 2. The minimum atomic E-state index is -0.915. The minimum Gasteiger partial charge on any atom is -0.491 e. The maximum absolute atomic E-state index is 13.9. The number of nitrogens with one attached hydrogen (secondary N) is 1. The second-order valence-corrected chi connectivity index (χ2v) is 8.81. The Morgan fingerprint density at radius 3 is 2.62 bits per heavy atom. The summed E-state index contributed by atoms with van der Waals surface area (Å²) in [6, 6.07) is 13.2. The Hall–Kier alpha value is -3.94. The average molecular weight is 460 g/mol. The van der Waals surface area contributed by atoms with Gasteiger partial charge in [-0.05, 0) is 44.0 Å². The standard InChI is InChI=1S/C26H24N2O6/c1-15-10-17(16(2)34-15)24(29)27-8-5-9-28-20-7-4-3-6-18(20)26(25(28)30)13-31-21-12-23-22(11-19(21)26)32-14-33-23/h3-4,6-7,10-12H,5,8-9,13-14H2,1-2H3,(H,27,29). The molecule has 174 valence electrons. The number of hydrogen-bond donors (Lipinski definition) is 1. The molecule has 3 aromatic rings. The minimum absolute atomic E-state index is 0.0288. The van der Waals surface area contributed by atoms with Gasteiger partial charge in [0.05, 0.1) is 5.56 Å². The van der Waals surface area contributed by atoms with Crippen LogP contribution in [0.1, 0.15) is 39.4 Å². The predicted molar refractivity (Wildman–Crippen MR) is 123 cm³/mol. The smallest absolute Gasteiger partial charge is 0.254 e. The number of rotatable bonds is 5. The zero-order chi connectivity index (χ0) is 23.4. The van der Waals surface area contributed by atoms with Crippen molar-refractivity contribution >= 4 is 17.5 Å². The van der Waals surface area contributed by atoms with Crippen LogP contribution in [-0.2, 0) is 10.2 Å². The molecule has 3 aliphatic heterocycles. The normalized spacial score (nSPS) is 19.4. The molecule has 0 radical (unpaired) electrons. The maximum Gasteiger partial charge on any atom is 0.254 e. The molecule has 0 fully saturated rings. The third-order valence-corrected chi connectivity index (χ3v) is 6.77. The van der Waals surface area contributed by atoms with Crippen LogP contribution in [0.5, 0.6) is 17.2 Å². The Bertz CT molecular complexity index is 1330. The quantitative estimate of drug-likeness (QED) is 0.587. The van der Waals surface area contributed by atoms with E-state index in [1.165, 1.54) is 0 Å². The van der Waals surface area contributed by atoms with Crippen LogP contribution in [0.4, 0.5) is 5.69 Å². The number of nitrogens with zero attached hydrogens (tertiary/aromatic N) is 1. The van der Waals surface area contributed by atoms with Gasteiger partial charge in [-0.3, -0.25) is 9.59 Å². The summed E-state index contributed by atoms with van der Waals surface area (Å²) in [4.78, 5) is 28.2. The van der Waals surface area contributed by atoms with E-state index < -0.39 is 5.41 Å². The summed E-state index contributed by atoms with van der Waals surface area (Å²) in [5.41, 5.74) is 2.22. The van der Waals surface area contributed by atoms with Crippen molar-refractivity contribution in [1.29, 1.82) is 0 Å². The Morgan fingerprint density at radius 1 is 1.03 bits per heavy atom. The number of carbonyl (C=O) groups excluding carboxylic acids is 2. The first-order valence-electron chi connectivity index (χ1n) is 11.3. The summed E-state index contributed by atoms with van der Waals surface area (Å²) in [5, 5.41) is 2.93. The largest absolute Gasteiger partial charge is 0.491 e. The van der Waals surface area contributed by atoms with Crippen LogP contribution in [-0.4, -0.2) is 38.3 Å². The highest BCUT2D eigenvalue weighted by Gasteiger charge is 2.57. The monoisotopic (exact) mass is 460 g/mol. The summed E-state index contributed by atoms with van der Waals surface area (Å²) in [6.07, 6.45) is 0.604. The Kier molecular flexibility index (Phi) is 4.58. The number of ether oxygens (including phenoxy) is 3. The number of amides is 2. The van der Waals surface area contributed by atoms with Crippen LogP contribution in [0.15, 0.2) is 46.9 Å². The van der Waals surface area contributed by atoms with Crippen LogP contribution < -0.4 is 24.4 Å². The number of para-hydroxylation sites is 1. The SMILES string of the molecule is Cc1cc(C(=O)NCCCN2C(=O)C3(COc4cc5c(cc43)OCO5)c3ccccc32)c(C)o1. The second kappa shape index (κ2) is 7.55. The van der Waals surface area contributed by atoms with E-state index in [-0.39, 0.29) is 25.2 Å². The van der Waals surface area contributed by atoms with E-state index in [0.29, 0.717) is 53.8 Å². The maximum atomic E-state index is 13.9. The molecule has 8 heteroatoms. The van der Waals surface area contributed by atoms with Crippen molar-refractivity contribution in [2.75, 3.05) is 31.4 Å². The third kappa shape index (κ3) is 2.91. The average Bonchev–Trinajstić information content (AvgIpc) is 3.57. The number of anilines is 1. The Balaban J connectivity index is 1.23. The molecule has 1 spiro atoms. The highest BCUT2D eigenvalue weighted by molar-refractivity contribution is 6.11. The molecule has 0 saturated heterocycles. The van der Waals surface area contributed by atoms with Crippen molar-refractivity contribution in [3.8, 4) is 17.2 Å². The fourth-order valence-electron chi connectivity index (χ4n) is 5.18. The van der Waals surface area contributed by atoms with Crippen molar-refractivity contribution in [2.45, 2.75) is 25.7 Å². The highest BCUT2D eigenvalue weighted by atomic mass is 16.7. The van der Waals surface area contributed by atoms with E-state index >= 15 is 0 Å². The van der Waals surface area contributed by atoms with Crippen molar-refractivity contribution in [3.63, 3.8) is 0 Å². The first-order chi connectivity index (χ1) is 16.5. The van der Waals surface area contributed by atoms with Gasteiger partial charge in [0.15, 0.2) is 11.5 Å². The lowest BCUT2D eigenvalue weighted by atomic mass is 9.77. The number of hydrogen-bond acceptors (Lipinski definition) is 6. The molecule has 0 aliphatic carbocycles. The molecular weight excluding hydrogens is 436 g/mol. The fraction of sp³-hybridized carbons (Fsp3) is 0.308. The van der Waals surface area contributed by atoms with Crippen molar-refractivity contribution in [2.24, 2.45) is 0 Å². The van der Waals surface area contributed by atoms with Gasteiger partial charge in [0.1, 0.15) is 29.3 Å². The van der Waals surface area contributed by atoms with E-state index in [0.717, 1.165) is 16.8 Å². The lowest BCUT2D eigenvalue weighted by Gasteiger charge is -2.23. The molecule has 34 heavy (non-hydrogen) atoms. The van der Waals surface area contributed by atoms with Gasteiger partial charge in [0.25, 0.3) is 5.91 Å². The fourth-order valence-corrected chi connectivity index (χ4v) is 5.18. The second-order valence-electron chi connectivity index (χ2n) is 8.81. The lowest BCUT2D eigenvalue weighted by Crippen LogP contribution is -2.43. The summed E-state index contributed by atoms with van der Waals surface area (Å²) in [5.74, 6) is 3.00. The van der Waals surface area contributed by atoms with E-state index in [1.807, 2.05) is 37.3 Å². The molecule has 0 bridgehead atoms. The van der Waals surface area contributed by atoms with Gasteiger partial charge in [-0.2, -0.15) is 0 Å². The van der Waals surface area contributed by atoms with Gasteiger partial charge in [-0.15, -0.1) is 0 Å². The van der Waals surface area contributed by atoms with Crippen LogP contribution >= 0.6 is 0 Å². The van der Waals surface area contributed by atoms with E-state index in [9.17, 15) is 9.59 Å². The van der Waals surface area contributed by atoms with Crippen LogP contribution in [0.2, 0.25) is 0 Å². The van der Waals surface area contributed by atoms with Gasteiger partial charge in [0, 0.05) is 30.4 Å². The number of carbonyl (C=O) groups is 2. The van der Waals surface area contributed by atoms with E-state index in [1.54, 1.807) is 24.0 Å². The summed E-state index contributed by atoms with van der Waals surface area (Å²) >= 11 is 0. The summed E-state index contributed by atoms with van der Waals surface area (Å²) in [7, 11) is 0. The van der Waals surface area contributed by atoms with Crippen molar-refractivity contribution in [1.82, 2.24) is 5.32 Å². The zero-order valence-corrected chi connectivity index (χ0v) is 19.0. The van der Waals surface area contributed by atoms with Gasteiger partial charge in [0.2, 0.25) is 12.7 Å². The topological polar surface area (TPSA) is 90.2 Å². The van der Waals surface area contributed by atoms with Gasteiger partial charge >= 0.3 is 0 Å². The molecule has 4 heterocycles. The van der Waals surface area contributed by atoms with Crippen molar-refractivity contribution in [3.05, 3.63) is 70.7 Å². The molecule has 8 nitrogen and oxygen atoms in total. The Labute approximate surface area is 196 Å². The summed E-state index contributed by atoms with van der Waals surface area (Å²) in [6.45, 7) is 4.89. The van der Waals surface area contributed by atoms with Gasteiger partial charge < -0.3 is 28.8 Å². The molecule has 1 atom stereocenters. The van der Waals surface area contributed by atoms with Crippen LogP contribution in [0.3, 0.4) is 0 Å².